The van der Waals surface area contributed by atoms with E-state index in [0.717, 1.165) is 0 Å². The summed E-state index contributed by atoms with van der Waals surface area (Å²) < 4.78 is 29.1. The highest BCUT2D eigenvalue weighted by molar-refractivity contribution is 5.76. The molecule has 0 unspecified atom stereocenters. The predicted molar refractivity (Wildman–Crippen MR) is 39.0 cm³/mol. The lowest BCUT2D eigenvalue weighted by Gasteiger charge is -1.96. The Labute approximate surface area is 66.8 Å². The zero-order chi connectivity index (χ0) is 8.55. The lowest BCUT2D eigenvalue weighted by Crippen LogP contribution is -1.81. The summed E-state index contributed by atoms with van der Waals surface area (Å²) in [5.41, 5.74) is 0.519. The fourth-order valence-electron chi connectivity index (χ4n) is 1.03. The second-order valence-corrected chi connectivity index (χ2v) is 2.42. The van der Waals surface area contributed by atoms with Crippen LogP contribution >= 0.6 is 0 Å². The Morgan fingerprint density at radius 3 is 2.92 bits per heavy atom. The van der Waals surface area contributed by atoms with Gasteiger partial charge in [0.15, 0.2) is 5.58 Å². The Kier molecular flexibility index (Phi) is 1.53. The van der Waals surface area contributed by atoms with Crippen molar-refractivity contribution >= 4 is 11.0 Å². The van der Waals surface area contributed by atoms with Crippen molar-refractivity contribution in [1.29, 1.82) is 0 Å². The molecule has 2 rings (SSSR count). The molecule has 0 amide bonds. The highest BCUT2D eigenvalue weighted by Crippen LogP contribution is 2.23. The molecule has 12 heavy (non-hydrogen) atoms. The molecular formula is C8H5F2NO. The first-order chi connectivity index (χ1) is 5.77. The van der Waals surface area contributed by atoms with Gasteiger partial charge >= 0.3 is 0 Å². The predicted octanol–water partition coefficient (Wildman–Crippen LogP) is 2.77. The highest BCUT2D eigenvalue weighted by Gasteiger charge is 2.08. The molecule has 0 spiro atoms. The third-order valence-corrected chi connectivity index (χ3v) is 1.63. The molecule has 0 N–H and O–H groups in total. The van der Waals surface area contributed by atoms with Crippen molar-refractivity contribution in [2.75, 3.05) is 0 Å². The first kappa shape index (κ1) is 7.21. The number of rotatable bonds is 1. The fraction of sp³-hybridized carbons (Fsp3) is 0.125. The van der Waals surface area contributed by atoms with E-state index < -0.39 is 6.43 Å². The van der Waals surface area contributed by atoms with Gasteiger partial charge in [0.25, 0.3) is 6.43 Å². The topological polar surface area (TPSA) is 26.0 Å². The summed E-state index contributed by atoms with van der Waals surface area (Å²) in [5.74, 6) is 0. The molecule has 2 nitrogen and oxygen atoms in total. The van der Waals surface area contributed by atoms with Gasteiger partial charge in [0.1, 0.15) is 0 Å². The molecule has 1 heterocycles. The van der Waals surface area contributed by atoms with Gasteiger partial charge in [0, 0.05) is 10.9 Å². The number of aromatic nitrogens is 1. The van der Waals surface area contributed by atoms with Gasteiger partial charge in [-0.3, -0.25) is 0 Å². The van der Waals surface area contributed by atoms with E-state index in [-0.39, 0.29) is 5.56 Å². The first-order valence-corrected chi connectivity index (χ1v) is 3.40. The van der Waals surface area contributed by atoms with Crippen LogP contribution in [0.15, 0.2) is 28.9 Å². The molecule has 0 aliphatic rings. The average molecular weight is 169 g/mol. The van der Waals surface area contributed by atoms with Crippen LogP contribution in [0.1, 0.15) is 12.0 Å². The van der Waals surface area contributed by atoms with E-state index >= 15 is 0 Å². The van der Waals surface area contributed by atoms with Crippen LogP contribution < -0.4 is 0 Å². The van der Waals surface area contributed by atoms with Gasteiger partial charge < -0.3 is 4.52 Å². The Bertz CT molecular complexity index is 397. The summed E-state index contributed by atoms with van der Waals surface area (Å²) in [5, 5.41) is 4.09. The van der Waals surface area contributed by atoms with Crippen molar-refractivity contribution in [3.05, 3.63) is 30.0 Å². The van der Waals surface area contributed by atoms with Gasteiger partial charge in [0.05, 0.1) is 6.20 Å². The number of nitrogens with zero attached hydrogens (tertiary/aromatic N) is 1. The maximum Gasteiger partial charge on any atom is 0.263 e. The lowest BCUT2D eigenvalue weighted by atomic mass is 10.2. The third-order valence-electron chi connectivity index (χ3n) is 1.63. The van der Waals surface area contributed by atoms with Crippen LogP contribution in [0.2, 0.25) is 0 Å². The molecule has 0 radical (unpaired) electrons. The largest absolute Gasteiger partial charge is 0.356 e. The maximum absolute atomic E-state index is 12.2. The van der Waals surface area contributed by atoms with Gasteiger partial charge in [-0.1, -0.05) is 5.16 Å². The maximum atomic E-state index is 12.2. The Morgan fingerprint density at radius 1 is 1.33 bits per heavy atom. The Morgan fingerprint density at radius 2 is 2.17 bits per heavy atom. The van der Waals surface area contributed by atoms with Crippen molar-refractivity contribution in [3.63, 3.8) is 0 Å². The number of hydrogen-bond donors (Lipinski definition) is 0. The molecule has 4 heteroatoms. The first-order valence-electron chi connectivity index (χ1n) is 3.40. The molecule has 0 saturated carbocycles. The minimum absolute atomic E-state index is 0.00861. The van der Waals surface area contributed by atoms with E-state index in [1.807, 2.05) is 0 Å². The summed E-state index contributed by atoms with van der Waals surface area (Å²) >= 11 is 0. The van der Waals surface area contributed by atoms with E-state index in [4.69, 9.17) is 4.52 Å². The number of halogens is 2. The second-order valence-electron chi connectivity index (χ2n) is 2.42. The smallest absolute Gasteiger partial charge is 0.263 e. The van der Waals surface area contributed by atoms with Crippen molar-refractivity contribution in [1.82, 2.24) is 5.16 Å². The molecule has 0 bridgehead atoms. The summed E-state index contributed by atoms with van der Waals surface area (Å²) in [6, 6.07) is 4.19. The second kappa shape index (κ2) is 2.55. The van der Waals surface area contributed by atoms with E-state index in [1.165, 1.54) is 24.4 Å². The number of alkyl halides is 2. The average Bonchev–Trinajstić information content (AvgIpc) is 2.49. The van der Waals surface area contributed by atoms with Gasteiger partial charge in [-0.2, -0.15) is 0 Å². The van der Waals surface area contributed by atoms with Crippen molar-refractivity contribution in [2.45, 2.75) is 6.43 Å². The SMILES string of the molecule is FC(F)c1ccc2oncc2c1. The fourth-order valence-corrected chi connectivity index (χ4v) is 1.03. The molecule has 62 valence electrons. The van der Waals surface area contributed by atoms with Gasteiger partial charge in [-0.05, 0) is 18.2 Å². The minimum atomic E-state index is -2.44. The van der Waals surface area contributed by atoms with E-state index in [2.05, 4.69) is 5.16 Å². The molecule has 0 aliphatic carbocycles. The molecule has 1 aromatic carbocycles. The van der Waals surface area contributed by atoms with Crippen molar-refractivity contribution < 1.29 is 13.3 Å². The standard InChI is InChI=1S/C8H5F2NO/c9-8(10)5-1-2-7-6(3-5)4-11-12-7/h1-4,8H. The summed E-state index contributed by atoms with van der Waals surface area (Å²) in [4.78, 5) is 0. The van der Waals surface area contributed by atoms with Crippen molar-refractivity contribution in [3.8, 4) is 0 Å². The van der Waals surface area contributed by atoms with Crippen LogP contribution in [0.25, 0.3) is 11.0 Å². The molecule has 2 aromatic rings. The Balaban J connectivity index is 2.60. The number of hydrogen-bond acceptors (Lipinski definition) is 2. The minimum Gasteiger partial charge on any atom is -0.356 e. The zero-order valence-corrected chi connectivity index (χ0v) is 6.00. The summed E-state index contributed by atoms with van der Waals surface area (Å²) in [6.07, 6.45) is -1.02. The molecular weight excluding hydrogens is 164 g/mol. The number of benzene rings is 1. The summed E-state index contributed by atoms with van der Waals surface area (Å²) in [6.45, 7) is 0. The van der Waals surface area contributed by atoms with Crippen LogP contribution in [0, 0.1) is 0 Å². The monoisotopic (exact) mass is 169 g/mol. The van der Waals surface area contributed by atoms with E-state index in [0.29, 0.717) is 11.0 Å². The van der Waals surface area contributed by atoms with Crippen LogP contribution in [-0.4, -0.2) is 5.16 Å². The van der Waals surface area contributed by atoms with Crippen LogP contribution in [0.5, 0.6) is 0 Å². The normalized spacial score (nSPS) is 11.2. The van der Waals surface area contributed by atoms with Gasteiger partial charge in [-0.25, -0.2) is 8.78 Å². The number of fused-ring (bicyclic) bond motifs is 1. The van der Waals surface area contributed by atoms with Crippen LogP contribution in [-0.2, 0) is 0 Å². The zero-order valence-electron chi connectivity index (χ0n) is 6.00. The van der Waals surface area contributed by atoms with Crippen LogP contribution in [0.3, 0.4) is 0 Å². The molecule has 1 aromatic heterocycles. The molecule has 0 saturated heterocycles. The van der Waals surface area contributed by atoms with E-state index in [1.54, 1.807) is 0 Å². The van der Waals surface area contributed by atoms with Crippen LogP contribution in [0.4, 0.5) is 8.78 Å². The molecule has 0 aliphatic heterocycles. The Hall–Kier alpha value is -1.45. The molecule has 0 fully saturated rings. The van der Waals surface area contributed by atoms with E-state index in [9.17, 15) is 8.78 Å². The van der Waals surface area contributed by atoms with Gasteiger partial charge in [-0.15, -0.1) is 0 Å². The summed E-state index contributed by atoms with van der Waals surface area (Å²) in [7, 11) is 0. The highest BCUT2D eigenvalue weighted by atomic mass is 19.3. The third kappa shape index (κ3) is 1.05. The molecule has 0 atom stereocenters. The van der Waals surface area contributed by atoms with Gasteiger partial charge in [0.2, 0.25) is 0 Å². The quantitative estimate of drug-likeness (QED) is 0.656. The van der Waals surface area contributed by atoms with Crippen molar-refractivity contribution in [2.24, 2.45) is 0 Å². The lowest BCUT2D eigenvalue weighted by molar-refractivity contribution is 0.151.